The number of thiophene rings is 1. The van der Waals surface area contributed by atoms with Crippen molar-refractivity contribution in [2.75, 3.05) is 0 Å². The first kappa shape index (κ1) is 32.1. The summed E-state index contributed by atoms with van der Waals surface area (Å²) >= 11 is 1.72. The van der Waals surface area contributed by atoms with Gasteiger partial charge in [0.2, 0.25) is 0 Å². The lowest BCUT2D eigenvalue weighted by Gasteiger charge is -2.16. The zero-order valence-corrected chi connectivity index (χ0v) is 30.7. The molecule has 6 nitrogen and oxygen atoms in total. The molecule has 0 aliphatic carbocycles. The van der Waals surface area contributed by atoms with Crippen LogP contribution in [0, 0.1) is 0 Å². The third-order valence-electron chi connectivity index (χ3n) is 10.4. The summed E-state index contributed by atoms with van der Waals surface area (Å²) in [4.78, 5) is 24.2. The van der Waals surface area contributed by atoms with Crippen LogP contribution in [-0.2, 0) is 0 Å². The summed E-state index contributed by atoms with van der Waals surface area (Å²) in [5.74, 6) is 1.84. The van der Waals surface area contributed by atoms with E-state index in [-0.39, 0.29) is 0 Å². The first-order valence-corrected chi connectivity index (χ1v) is 19.3. The molecule has 11 rings (SSSR count). The normalized spacial score (nSPS) is 11.6. The Morgan fingerprint density at radius 1 is 0.429 bits per heavy atom. The van der Waals surface area contributed by atoms with E-state index < -0.39 is 0 Å². The summed E-state index contributed by atoms with van der Waals surface area (Å²) in [6.07, 6.45) is 3.51. The second kappa shape index (κ2) is 13.2. The number of hydrogen-bond donors (Lipinski definition) is 0. The molecule has 0 unspecified atom stereocenters. The number of fused-ring (bicyclic) bond motifs is 6. The zero-order valence-electron chi connectivity index (χ0n) is 29.9. The Morgan fingerprint density at radius 2 is 0.964 bits per heavy atom. The van der Waals surface area contributed by atoms with E-state index in [2.05, 4.69) is 154 Å². The predicted molar refractivity (Wildman–Crippen MR) is 230 cm³/mol. The van der Waals surface area contributed by atoms with E-state index in [9.17, 15) is 0 Å². The molecule has 0 saturated carbocycles. The van der Waals surface area contributed by atoms with Crippen molar-refractivity contribution in [2.45, 2.75) is 0 Å². The highest BCUT2D eigenvalue weighted by Gasteiger charge is 2.19. The molecule has 262 valence electrons. The largest absolute Gasteiger partial charge is 0.309 e. The van der Waals surface area contributed by atoms with Crippen molar-refractivity contribution >= 4 is 53.4 Å². The molecular formula is C49H30N6S. The van der Waals surface area contributed by atoms with Crippen LogP contribution < -0.4 is 0 Å². The first-order chi connectivity index (χ1) is 27.8. The summed E-state index contributed by atoms with van der Waals surface area (Å²) in [6.45, 7) is 0. The zero-order chi connectivity index (χ0) is 37.0. The van der Waals surface area contributed by atoms with Gasteiger partial charge in [0.05, 0.1) is 26.9 Å². The molecule has 7 heteroatoms. The summed E-state index contributed by atoms with van der Waals surface area (Å²) in [7, 11) is 0. The Hall–Kier alpha value is -7.35. The average Bonchev–Trinajstić information content (AvgIpc) is 3.83. The number of para-hydroxylation sites is 2. The van der Waals surface area contributed by atoms with Crippen LogP contribution in [0.25, 0.3) is 104 Å². The van der Waals surface area contributed by atoms with E-state index >= 15 is 0 Å². The Morgan fingerprint density at radius 3 is 1.66 bits per heavy atom. The average molecular weight is 735 g/mol. The van der Waals surface area contributed by atoms with Gasteiger partial charge in [-0.3, -0.25) is 0 Å². The fourth-order valence-corrected chi connectivity index (χ4v) is 8.98. The van der Waals surface area contributed by atoms with Gasteiger partial charge in [0.25, 0.3) is 0 Å². The number of nitrogens with zero attached hydrogens (tertiary/aromatic N) is 6. The van der Waals surface area contributed by atoms with Gasteiger partial charge in [-0.15, -0.1) is 11.3 Å². The van der Waals surface area contributed by atoms with Gasteiger partial charge in [-0.05, 0) is 34.9 Å². The Kier molecular flexibility index (Phi) is 7.57. The molecule has 0 atom stereocenters. The molecular weight excluding hydrogens is 705 g/mol. The highest BCUT2D eigenvalue weighted by Crippen LogP contribution is 2.40. The second-order valence-corrected chi connectivity index (χ2v) is 14.8. The quantitative estimate of drug-likeness (QED) is 0.170. The summed E-state index contributed by atoms with van der Waals surface area (Å²) < 4.78 is 4.65. The van der Waals surface area contributed by atoms with E-state index in [0.29, 0.717) is 17.5 Å². The maximum absolute atomic E-state index is 5.19. The van der Waals surface area contributed by atoms with Gasteiger partial charge < -0.3 is 4.57 Å². The molecule has 0 saturated heterocycles. The molecule has 0 bridgehead atoms. The van der Waals surface area contributed by atoms with Gasteiger partial charge in [-0.1, -0.05) is 152 Å². The fraction of sp³-hybridized carbons (Fsp3) is 0. The minimum Gasteiger partial charge on any atom is -0.309 e. The molecule has 56 heavy (non-hydrogen) atoms. The highest BCUT2D eigenvalue weighted by atomic mass is 32.1. The van der Waals surface area contributed by atoms with Crippen molar-refractivity contribution in [3.8, 4) is 62.1 Å². The van der Waals surface area contributed by atoms with E-state index in [0.717, 1.165) is 71.3 Å². The SMILES string of the molecule is c1ccc(-c2nc(-c3ccc(-c4cccc5c4sc4cncnc45)cc3)nc(-c3ccc(-c4ccccc4)c(-n4c5ccccc5c5ccccc54)c3)n2)cc1. The molecule has 11 aromatic rings. The topological polar surface area (TPSA) is 69.4 Å². The fourth-order valence-electron chi connectivity index (χ4n) is 7.81. The van der Waals surface area contributed by atoms with Gasteiger partial charge in [0, 0.05) is 49.3 Å². The minimum absolute atomic E-state index is 0.607. The predicted octanol–water partition coefficient (Wildman–Crippen LogP) is 12.5. The lowest BCUT2D eigenvalue weighted by Crippen LogP contribution is -2.02. The molecule has 0 aliphatic heterocycles. The molecule has 0 N–H and O–H groups in total. The van der Waals surface area contributed by atoms with E-state index in [1.165, 1.54) is 15.5 Å². The number of hydrogen-bond acceptors (Lipinski definition) is 6. The lowest BCUT2D eigenvalue weighted by molar-refractivity contribution is 1.07. The Balaban J connectivity index is 1.08. The lowest BCUT2D eigenvalue weighted by atomic mass is 10.0. The molecule has 0 amide bonds. The van der Waals surface area contributed by atoms with Crippen LogP contribution in [-0.4, -0.2) is 29.5 Å². The smallest absolute Gasteiger partial charge is 0.164 e. The second-order valence-electron chi connectivity index (χ2n) is 13.7. The third-order valence-corrected chi connectivity index (χ3v) is 11.6. The maximum atomic E-state index is 5.19. The monoisotopic (exact) mass is 734 g/mol. The van der Waals surface area contributed by atoms with Gasteiger partial charge >= 0.3 is 0 Å². The molecule has 0 fully saturated rings. The van der Waals surface area contributed by atoms with Crippen LogP contribution in [0.3, 0.4) is 0 Å². The van der Waals surface area contributed by atoms with Crippen molar-refractivity contribution in [3.05, 3.63) is 182 Å². The van der Waals surface area contributed by atoms with E-state index in [1.807, 2.05) is 36.5 Å². The maximum Gasteiger partial charge on any atom is 0.164 e. The van der Waals surface area contributed by atoms with Gasteiger partial charge in [0.1, 0.15) is 6.33 Å². The van der Waals surface area contributed by atoms with E-state index in [4.69, 9.17) is 15.0 Å². The molecule has 0 radical (unpaired) electrons. The number of aromatic nitrogens is 6. The van der Waals surface area contributed by atoms with Crippen LogP contribution in [0.2, 0.25) is 0 Å². The number of benzene rings is 7. The van der Waals surface area contributed by atoms with Crippen LogP contribution >= 0.6 is 11.3 Å². The van der Waals surface area contributed by atoms with Crippen molar-refractivity contribution in [2.24, 2.45) is 0 Å². The van der Waals surface area contributed by atoms with Crippen molar-refractivity contribution < 1.29 is 0 Å². The van der Waals surface area contributed by atoms with Crippen LogP contribution in [0.4, 0.5) is 0 Å². The molecule has 4 heterocycles. The minimum atomic E-state index is 0.607. The Labute approximate surface area is 326 Å². The molecule has 0 aliphatic rings. The van der Waals surface area contributed by atoms with Gasteiger partial charge in [-0.2, -0.15) is 0 Å². The van der Waals surface area contributed by atoms with Gasteiger partial charge in [0.15, 0.2) is 17.5 Å². The first-order valence-electron chi connectivity index (χ1n) is 18.5. The molecule has 7 aromatic carbocycles. The molecule has 0 spiro atoms. The van der Waals surface area contributed by atoms with Crippen molar-refractivity contribution in [3.63, 3.8) is 0 Å². The Bertz CT molecular complexity index is 3190. The third kappa shape index (κ3) is 5.36. The number of rotatable bonds is 6. The van der Waals surface area contributed by atoms with E-state index in [1.54, 1.807) is 17.7 Å². The van der Waals surface area contributed by atoms with Gasteiger partial charge in [-0.25, -0.2) is 24.9 Å². The van der Waals surface area contributed by atoms with Crippen molar-refractivity contribution in [1.82, 2.24) is 29.5 Å². The summed E-state index contributed by atoms with van der Waals surface area (Å²) in [6, 6.07) is 59.4. The van der Waals surface area contributed by atoms with Crippen LogP contribution in [0.5, 0.6) is 0 Å². The summed E-state index contributed by atoms with van der Waals surface area (Å²) in [5.41, 5.74) is 11.6. The standard InChI is InChI=1S/C49H30N6S/c1-3-12-31(13-4-1)36-27-26-35(28-43(36)55-41-20-9-7-16-38(41)39-17-8-10-21-42(39)55)49-53-47(33-14-5-2-6-15-33)52-48(54-49)34-24-22-32(23-25-34)37-18-11-19-40-45-44(56-46(37)40)29-50-30-51-45/h1-30H. The molecule has 4 aromatic heterocycles. The van der Waals surface area contributed by atoms with Crippen LogP contribution in [0.15, 0.2) is 182 Å². The van der Waals surface area contributed by atoms with Crippen LogP contribution in [0.1, 0.15) is 0 Å². The summed E-state index contributed by atoms with van der Waals surface area (Å²) in [5, 5.41) is 3.56. The highest BCUT2D eigenvalue weighted by molar-refractivity contribution is 7.26. The van der Waals surface area contributed by atoms with Crippen molar-refractivity contribution in [1.29, 1.82) is 0 Å².